The standard InChI is InChI=1S/C36H44O4/c1-24(36-21-25-18-26(22-36)20-27(19-25)23-36)32(37)10-4-3-7-17-40-33-16-15-28-8-5-6-9-31(28)34(33)29-11-13-30(14-12-29)35(38)39-2/h5-6,8-9,11-16,24-27,32,37H,3-4,7,10,17-23H2,1-2H3. The largest absolute Gasteiger partial charge is 0.493 e. The maximum absolute atomic E-state index is 11.9. The van der Waals surface area contributed by atoms with E-state index in [1.54, 1.807) is 0 Å². The van der Waals surface area contributed by atoms with Crippen LogP contribution in [0.1, 0.15) is 81.5 Å². The fourth-order valence-corrected chi connectivity index (χ4v) is 8.77. The summed E-state index contributed by atoms with van der Waals surface area (Å²) in [7, 11) is 1.40. The van der Waals surface area contributed by atoms with E-state index in [4.69, 9.17) is 9.47 Å². The van der Waals surface area contributed by atoms with E-state index < -0.39 is 0 Å². The third kappa shape index (κ3) is 5.40. The lowest BCUT2D eigenvalue weighted by molar-refractivity contribution is -0.112. The van der Waals surface area contributed by atoms with Crippen LogP contribution < -0.4 is 4.74 Å². The molecule has 4 aliphatic rings. The quantitative estimate of drug-likeness (QED) is 0.196. The fourth-order valence-electron chi connectivity index (χ4n) is 8.77. The topological polar surface area (TPSA) is 55.8 Å². The second-order valence-electron chi connectivity index (χ2n) is 13.1. The molecule has 4 bridgehead atoms. The molecule has 2 unspecified atom stereocenters. The molecule has 0 aromatic heterocycles. The molecule has 7 rings (SSSR count). The van der Waals surface area contributed by atoms with Gasteiger partial charge in [-0.2, -0.15) is 0 Å². The van der Waals surface area contributed by atoms with Crippen LogP contribution in [0.5, 0.6) is 5.75 Å². The number of ether oxygens (including phenoxy) is 2. The summed E-state index contributed by atoms with van der Waals surface area (Å²) in [5.74, 6) is 3.75. The van der Waals surface area contributed by atoms with Gasteiger partial charge in [0.2, 0.25) is 0 Å². The molecule has 3 aromatic carbocycles. The molecule has 40 heavy (non-hydrogen) atoms. The Balaban J connectivity index is 1.04. The Labute approximate surface area is 239 Å². The van der Waals surface area contributed by atoms with Gasteiger partial charge in [-0.25, -0.2) is 4.79 Å². The first-order chi connectivity index (χ1) is 19.5. The Morgan fingerprint density at radius 2 is 1.57 bits per heavy atom. The summed E-state index contributed by atoms with van der Waals surface area (Å²) in [4.78, 5) is 11.9. The van der Waals surface area contributed by atoms with Gasteiger partial charge >= 0.3 is 5.97 Å². The summed E-state index contributed by atoms with van der Waals surface area (Å²) in [5, 5.41) is 13.5. The van der Waals surface area contributed by atoms with Crippen LogP contribution in [0.15, 0.2) is 60.7 Å². The van der Waals surface area contributed by atoms with E-state index in [2.05, 4.69) is 31.2 Å². The molecular weight excluding hydrogens is 496 g/mol. The van der Waals surface area contributed by atoms with Gasteiger partial charge in [-0.15, -0.1) is 0 Å². The smallest absolute Gasteiger partial charge is 0.337 e. The predicted octanol–water partition coefficient (Wildman–Crippen LogP) is 8.45. The third-order valence-electron chi connectivity index (χ3n) is 10.5. The Morgan fingerprint density at radius 3 is 2.25 bits per heavy atom. The monoisotopic (exact) mass is 540 g/mol. The van der Waals surface area contributed by atoms with Gasteiger partial charge in [0.1, 0.15) is 5.75 Å². The molecule has 0 aliphatic heterocycles. The van der Waals surface area contributed by atoms with Gasteiger partial charge in [-0.1, -0.05) is 55.8 Å². The van der Waals surface area contributed by atoms with Crippen molar-refractivity contribution in [1.82, 2.24) is 0 Å². The molecule has 0 amide bonds. The van der Waals surface area contributed by atoms with E-state index in [0.717, 1.165) is 71.1 Å². The Bertz CT molecular complexity index is 1290. The van der Waals surface area contributed by atoms with Gasteiger partial charge < -0.3 is 14.6 Å². The number of carbonyl (C=O) groups excluding carboxylic acids is 1. The number of hydrogen-bond acceptors (Lipinski definition) is 4. The van der Waals surface area contributed by atoms with Crippen molar-refractivity contribution in [3.05, 3.63) is 66.2 Å². The molecule has 0 radical (unpaired) electrons. The number of fused-ring (bicyclic) bond motifs is 1. The van der Waals surface area contributed by atoms with E-state index in [-0.39, 0.29) is 12.1 Å². The fraction of sp³-hybridized carbons (Fsp3) is 0.528. The summed E-state index contributed by atoms with van der Waals surface area (Å²) in [5.41, 5.74) is 3.02. The molecule has 212 valence electrons. The summed E-state index contributed by atoms with van der Waals surface area (Å²) < 4.78 is 11.2. The Morgan fingerprint density at radius 1 is 0.900 bits per heavy atom. The first-order valence-corrected chi connectivity index (χ1v) is 15.5. The zero-order chi connectivity index (χ0) is 27.7. The van der Waals surface area contributed by atoms with Gasteiger partial charge in [0, 0.05) is 5.56 Å². The molecular formula is C36H44O4. The van der Waals surface area contributed by atoms with Crippen LogP contribution in [0.4, 0.5) is 0 Å². The molecule has 4 saturated carbocycles. The van der Waals surface area contributed by atoms with Crippen molar-refractivity contribution >= 4 is 16.7 Å². The predicted molar refractivity (Wildman–Crippen MR) is 160 cm³/mol. The highest BCUT2D eigenvalue weighted by molar-refractivity contribution is 6.00. The number of aliphatic hydroxyl groups is 1. The molecule has 3 aromatic rings. The lowest BCUT2D eigenvalue weighted by Gasteiger charge is -2.59. The van der Waals surface area contributed by atoms with Crippen molar-refractivity contribution in [3.63, 3.8) is 0 Å². The third-order valence-corrected chi connectivity index (χ3v) is 10.5. The van der Waals surface area contributed by atoms with E-state index in [1.807, 2.05) is 36.4 Å². The van der Waals surface area contributed by atoms with Crippen molar-refractivity contribution in [3.8, 4) is 16.9 Å². The van der Waals surface area contributed by atoms with Crippen LogP contribution in [0.3, 0.4) is 0 Å². The number of hydrogen-bond donors (Lipinski definition) is 1. The second kappa shape index (κ2) is 11.6. The first-order valence-electron chi connectivity index (χ1n) is 15.5. The highest BCUT2D eigenvalue weighted by Gasteiger charge is 2.54. The molecule has 4 heteroatoms. The van der Waals surface area contributed by atoms with Crippen LogP contribution in [0.25, 0.3) is 21.9 Å². The lowest BCUT2D eigenvalue weighted by Crippen LogP contribution is -2.51. The number of rotatable bonds is 11. The van der Waals surface area contributed by atoms with Gasteiger partial charge in [0.25, 0.3) is 0 Å². The SMILES string of the molecule is COC(=O)c1ccc(-c2c(OCCCCCC(O)C(C)C34CC5CC(CC(C5)C3)C4)ccc3ccccc23)cc1. The van der Waals surface area contributed by atoms with Crippen LogP contribution >= 0.6 is 0 Å². The second-order valence-corrected chi connectivity index (χ2v) is 13.1. The van der Waals surface area contributed by atoms with Gasteiger partial charge in [-0.3, -0.25) is 0 Å². The highest BCUT2D eigenvalue weighted by Crippen LogP contribution is 2.63. The number of benzene rings is 3. The van der Waals surface area contributed by atoms with E-state index in [1.165, 1.54) is 45.6 Å². The maximum atomic E-state index is 11.9. The number of unbranched alkanes of at least 4 members (excludes halogenated alkanes) is 2. The molecule has 4 nitrogen and oxygen atoms in total. The van der Waals surface area contributed by atoms with Gasteiger partial charge in [0.15, 0.2) is 0 Å². The van der Waals surface area contributed by atoms with Crippen molar-refractivity contribution in [1.29, 1.82) is 0 Å². The average Bonchev–Trinajstić information content (AvgIpc) is 2.97. The number of carbonyl (C=O) groups is 1. The number of esters is 1. The zero-order valence-corrected chi connectivity index (χ0v) is 24.1. The maximum Gasteiger partial charge on any atom is 0.337 e. The minimum Gasteiger partial charge on any atom is -0.493 e. The van der Waals surface area contributed by atoms with Gasteiger partial charge in [-0.05, 0) is 121 Å². The van der Waals surface area contributed by atoms with Crippen LogP contribution in [0, 0.1) is 29.1 Å². The van der Waals surface area contributed by atoms with Crippen molar-refractivity contribution in [2.24, 2.45) is 29.1 Å². The normalized spacial score (nSPS) is 26.5. The van der Waals surface area contributed by atoms with Crippen LogP contribution in [0.2, 0.25) is 0 Å². The molecule has 0 heterocycles. The molecule has 2 atom stereocenters. The van der Waals surface area contributed by atoms with Crippen LogP contribution in [-0.4, -0.2) is 30.9 Å². The first kappa shape index (κ1) is 27.3. The van der Waals surface area contributed by atoms with E-state index in [0.29, 0.717) is 23.5 Å². The molecule has 4 aliphatic carbocycles. The molecule has 4 fully saturated rings. The van der Waals surface area contributed by atoms with E-state index in [9.17, 15) is 9.90 Å². The zero-order valence-electron chi connectivity index (χ0n) is 24.1. The van der Waals surface area contributed by atoms with Crippen molar-refractivity contribution in [2.45, 2.75) is 77.2 Å². The molecule has 1 N–H and O–H groups in total. The highest BCUT2D eigenvalue weighted by atomic mass is 16.5. The van der Waals surface area contributed by atoms with Gasteiger partial charge in [0.05, 0.1) is 25.4 Å². The Kier molecular flexibility index (Phi) is 7.90. The minimum absolute atomic E-state index is 0.183. The minimum atomic E-state index is -0.335. The van der Waals surface area contributed by atoms with Crippen LogP contribution in [-0.2, 0) is 4.74 Å². The molecule has 0 saturated heterocycles. The number of methoxy groups -OCH3 is 1. The van der Waals surface area contributed by atoms with Crippen molar-refractivity contribution < 1.29 is 19.4 Å². The summed E-state index contributed by atoms with van der Waals surface area (Å²) in [6.45, 7) is 2.99. The number of aliphatic hydroxyl groups excluding tert-OH is 1. The summed E-state index contributed by atoms with van der Waals surface area (Å²) in [6, 6.07) is 20.0. The average molecular weight is 541 g/mol. The van der Waals surface area contributed by atoms with Crippen molar-refractivity contribution in [2.75, 3.05) is 13.7 Å². The summed E-state index contributed by atoms with van der Waals surface area (Å²) >= 11 is 0. The Hall–Kier alpha value is -2.85. The lowest BCUT2D eigenvalue weighted by atomic mass is 9.46. The summed E-state index contributed by atoms with van der Waals surface area (Å²) in [6.07, 6.45) is 12.3. The van der Waals surface area contributed by atoms with E-state index >= 15 is 0 Å². The molecule has 0 spiro atoms.